The Labute approximate surface area is 220 Å². The van der Waals surface area contributed by atoms with Crippen LogP contribution in [0.1, 0.15) is 32.6 Å². The van der Waals surface area contributed by atoms with E-state index in [-0.39, 0.29) is 5.91 Å². The van der Waals surface area contributed by atoms with Gasteiger partial charge in [-0.15, -0.1) is 0 Å². The minimum absolute atomic E-state index is 0.234. The molecule has 0 atom stereocenters. The second kappa shape index (κ2) is 11.7. The molecule has 0 saturated carbocycles. The van der Waals surface area contributed by atoms with Crippen molar-refractivity contribution in [2.24, 2.45) is 0 Å². The number of pyridine rings is 1. The summed E-state index contributed by atoms with van der Waals surface area (Å²) in [4.78, 5) is 22.5. The predicted octanol–water partition coefficient (Wildman–Crippen LogP) is 6.22. The molecule has 1 aromatic heterocycles. The maximum absolute atomic E-state index is 13.1. The molecule has 0 aliphatic rings. The summed E-state index contributed by atoms with van der Waals surface area (Å²) in [7, 11) is 0. The van der Waals surface area contributed by atoms with E-state index in [0.29, 0.717) is 16.8 Å². The van der Waals surface area contributed by atoms with Crippen molar-refractivity contribution in [2.75, 3.05) is 11.9 Å². The Hall–Kier alpha value is -3.21. The van der Waals surface area contributed by atoms with E-state index in [1.54, 1.807) is 0 Å². The van der Waals surface area contributed by atoms with E-state index in [2.05, 4.69) is 55.8 Å². The third kappa shape index (κ3) is 6.12. The Balaban J connectivity index is 1.62. The summed E-state index contributed by atoms with van der Waals surface area (Å²) in [6, 6.07) is 22.4. The molecule has 182 valence electrons. The van der Waals surface area contributed by atoms with E-state index in [1.807, 2.05) is 50.2 Å². The van der Waals surface area contributed by atoms with Crippen LogP contribution in [0.3, 0.4) is 0 Å². The number of carbonyl (C=O) groups is 1. The predicted molar refractivity (Wildman–Crippen MR) is 151 cm³/mol. The topological polar surface area (TPSA) is 77.8 Å². The monoisotopic (exact) mass is 584 g/mol. The van der Waals surface area contributed by atoms with Crippen molar-refractivity contribution in [1.29, 1.82) is 5.26 Å². The fourth-order valence-electron chi connectivity index (χ4n) is 4.33. The molecule has 0 unspecified atom stereocenters. The van der Waals surface area contributed by atoms with E-state index in [9.17, 15) is 10.1 Å². The molecule has 1 amide bonds. The summed E-state index contributed by atoms with van der Waals surface area (Å²) >= 11 is -1.16. The van der Waals surface area contributed by atoms with Crippen LogP contribution >= 0.6 is 0 Å². The molecule has 0 aliphatic heterocycles. The molecule has 0 spiro atoms. The summed E-state index contributed by atoms with van der Waals surface area (Å²) in [5.41, 5.74) is 7.57. The van der Waals surface area contributed by atoms with Crippen LogP contribution in [0.25, 0.3) is 22.0 Å². The zero-order valence-electron chi connectivity index (χ0n) is 21.4. The van der Waals surface area contributed by atoms with E-state index in [4.69, 9.17) is 0 Å². The van der Waals surface area contributed by atoms with Crippen molar-refractivity contribution in [3.05, 3.63) is 94.7 Å². The molecular weight excluding hydrogens is 551 g/mol. The molecule has 0 aliphatic carbocycles. The number of carbonyl (C=O) groups excluding carboxylic acids is 1. The van der Waals surface area contributed by atoms with Crippen LogP contribution in [0.2, 0.25) is 14.3 Å². The van der Waals surface area contributed by atoms with E-state index < -0.39 is 19.8 Å². The fraction of sp³-hybridized carbons (Fsp3) is 0.233. The molecule has 1 heterocycles. The van der Waals surface area contributed by atoms with Crippen molar-refractivity contribution >= 4 is 42.3 Å². The van der Waals surface area contributed by atoms with Gasteiger partial charge in [0.25, 0.3) is 5.91 Å². The Bertz CT molecular complexity index is 1460. The van der Waals surface area contributed by atoms with Gasteiger partial charge in [-0.3, -0.25) is 4.79 Å². The van der Waals surface area contributed by atoms with Crippen LogP contribution in [-0.4, -0.2) is 37.2 Å². The molecular formula is C30H32N4OSn. The fourth-order valence-corrected chi connectivity index (χ4v) is 6.56. The van der Waals surface area contributed by atoms with Gasteiger partial charge in [-0.1, -0.05) is 17.7 Å². The Kier molecular flexibility index (Phi) is 8.39. The standard InChI is InChI=1S/C28H25N4O.2CH3.Sn.H/c1-4-30-16-20-6-5-7-21(13-20)22-9-11-25-26(14-22)31-17-23(15-29)27(25)32-28(33)24-10-8-18(2)12-19(24)3;;;;/h5-14,17,30H,1,4,16H2,2-3H3,(H,31,32,33);2*1H3;;. The van der Waals surface area contributed by atoms with Crippen LogP contribution in [0, 0.1) is 25.2 Å². The first-order valence-corrected chi connectivity index (χ1v) is 21.3. The van der Waals surface area contributed by atoms with Crippen LogP contribution in [-0.2, 0) is 6.54 Å². The van der Waals surface area contributed by atoms with Gasteiger partial charge in [0.05, 0.1) is 5.56 Å². The van der Waals surface area contributed by atoms with E-state index in [1.165, 1.54) is 16.2 Å². The summed E-state index contributed by atoms with van der Waals surface area (Å²) in [6.45, 7) is 5.87. The van der Waals surface area contributed by atoms with Gasteiger partial charge in [0, 0.05) is 5.56 Å². The number of fused-ring (bicyclic) bond motifs is 1. The zero-order chi connectivity index (χ0) is 25.7. The Morgan fingerprint density at radius 1 is 1.03 bits per heavy atom. The number of nitrogens with zero attached hydrogens (tertiary/aromatic N) is 2. The maximum atomic E-state index is 13.1. The molecule has 0 radical (unpaired) electrons. The summed E-state index contributed by atoms with van der Waals surface area (Å²) < 4.78 is 1.37. The Morgan fingerprint density at radius 3 is 2.58 bits per heavy atom. The molecule has 36 heavy (non-hydrogen) atoms. The smallest absolute Gasteiger partial charge is 0.0381 e. The van der Waals surface area contributed by atoms with Gasteiger partial charge in [-0.05, 0) is 25.5 Å². The molecule has 2 N–H and O–H groups in total. The number of hydrogen-bond acceptors (Lipinski definition) is 4. The van der Waals surface area contributed by atoms with Gasteiger partial charge in [-0.25, -0.2) is 0 Å². The zero-order valence-corrected chi connectivity index (χ0v) is 24.6. The third-order valence-electron chi connectivity index (χ3n) is 6.34. The third-order valence-corrected chi connectivity index (χ3v) is 10.5. The molecule has 3 aromatic carbocycles. The second-order valence-electron chi connectivity index (χ2n) is 9.72. The number of benzene rings is 3. The summed E-state index contributed by atoms with van der Waals surface area (Å²) in [6.07, 6.45) is 1.53. The van der Waals surface area contributed by atoms with Crippen molar-refractivity contribution in [2.45, 2.75) is 34.7 Å². The van der Waals surface area contributed by atoms with Gasteiger partial charge < -0.3 is 5.32 Å². The normalized spacial score (nSPS) is 11.0. The van der Waals surface area contributed by atoms with Crippen molar-refractivity contribution < 1.29 is 4.79 Å². The van der Waals surface area contributed by atoms with E-state index in [0.717, 1.165) is 46.2 Å². The van der Waals surface area contributed by atoms with Crippen LogP contribution in [0.5, 0.6) is 0 Å². The molecule has 6 heteroatoms. The average molecular weight is 583 g/mol. The number of hydrogen-bond donors (Lipinski definition) is 2. The minimum atomic E-state index is -1.16. The SMILES string of the molecule is Cc1ccc(C(=O)Nc2c(C#N)cnc3cc(-c4cccc(CNC[CH2][SnH]([CH3])[CH3])c4)ccc23)c(C)c1. The number of aryl methyl sites for hydroxylation is 2. The largest absolute Gasteiger partial charge is 0.0556 e. The first-order chi connectivity index (χ1) is 17.4. The molecule has 4 rings (SSSR count). The maximum Gasteiger partial charge on any atom is -0.0381 e. The summed E-state index contributed by atoms with van der Waals surface area (Å²) in [5.74, 6) is -0.234. The molecule has 4 aromatic rings. The molecule has 0 fully saturated rings. The first-order valence-electron chi connectivity index (χ1n) is 12.4. The van der Waals surface area contributed by atoms with Crippen molar-refractivity contribution in [3.8, 4) is 17.2 Å². The quantitative estimate of drug-likeness (QED) is 0.191. The summed E-state index contributed by atoms with van der Waals surface area (Å²) in [5, 5.41) is 17.0. The van der Waals surface area contributed by atoms with Crippen molar-refractivity contribution in [3.63, 3.8) is 0 Å². The van der Waals surface area contributed by atoms with Crippen LogP contribution < -0.4 is 10.6 Å². The minimum Gasteiger partial charge on any atom is -0.0556 e. The average Bonchev–Trinajstić information content (AvgIpc) is 2.86. The number of anilines is 1. The van der Waals surface area contributed by atoms with Crippen LogP contribution in [0.15, 0.2) is 66.9 Å². The van der Waals surface area contributed by atoms with Gasteiger partial charge in [-0.2, -0.15) is 5.26 Å². The first kappa shape index (κ1) is 25.9. The van der Waals surface area contributed by atoms with Crippen molar-refractivity contribution in [1.82, 2.24) is 10.3 Å². The van der Waals surface area contributed by atoms with E-state index >= 15 is 0 Å². The number of amides is 1. The molecule has 0 saturated heterocycles. The number of nitriles is 1. The van der Waals surface area contributed by atoms with Gasteiger partial charge >= 0.3 is 139 Å². The second-order valence-corrected chi connectivity index (χ2v) is 19.3. The molecule has 5 nitrogen and oxygen atoms in total. The van der Waals surface area contributed by atoms with Gasteiger partial charge in [0.2, 0.25) is 0 Å². The van der Waals surface area contributed by atoms with Gasteiger partial charge in [0.15, 0.2) is 0 Å². The number of rotatable bonds is 8. The van der Waals surface area contributed by atoms with Crippen LogP contribution in [0.4, 0.5) is 5.69 Å². The number of nitrogens with one attached hydrogen (secondary N) is 2. The molecule has 0 bridgehead atoms. The Morgan fingerprint density at radius 2 is 1.83 bits per heavy atom. The number of aromatic nitrogens is 1. The van der Waals surface area contributed by atoms with Gasteiger partial charge in [0.1, 0.15) is 6.07 Å².